The SMILES string of the molecule is O=C(CCCc1ccccc1)N1CCN(C(=O)c2ccn(-c3cccc([N+](=O)[O-])c3)n2)CC1. The van der Waals surface area contributed by atoms with Gasteiger partial charge in [-0.25, -0.2) is 4.68 Å². The molecule has 2 amide bonds. The molecule has 0 bridgehead atoms. The summed E-state index contributed by atoms with van der Waals surface area (Å²) in [6, 6.07) is 17.8. The highest BCUT2D eigenvalue weighted by Crippen LogP contribution is 2.17. The summed E-state index contributed by atoms with van der Waals surface area (Å²) in [5.74, 6) is -0.0941. The van der Waals surface area contributed by atoms with Gasteiger partial charge in [0.15, 0.2) is 5.69 Å². The van der Waals surface area contributed by atoms with Crippen molar-refractivity contribution in [1.82, 2.24) is 19.6 Å². The number of aryl methyl sites for hydroxylation is 1. The number of carbonyl (C=O) groups is 2. The summed E-state index contributed by atoms with van der Waals surface area (Å²) in [6.07, 6.45) is 3.78. The predicted molar refractivity (Wildman–Crippen MR) is 122 cm³/mol. The molecule has 1 saturated heterocycles. The third kappa shape index (κ3) is 5.43. The lowest BCUT2D eigenvalue weighted by molar-refractivity contribution is -0.384. The Balaban J connectivity index is 1.28. The number of hydrogen-bond donors (Lipinski definition) is 0. The second-order valence-corrected chi connectivity index (χ2v) is 7.93. The summed E-state index contributed by atoms with van der Waals surface area (Å²) in [6.45, 7) is 1.91. The Hall–Kier alpha value is -4.01. The van der Waals surface area contributed by atoms with Crippen LogP contribution in [0.5, 0.6) is 0 Å². The number of nitro groups is 1. The summed E-state index contributed by atoms with van der Waals surface area (Å²) in [4.78, 5) is 39.4. The molecule has 0 spiro atoms. The average molecular weight is 447 g/mol. The number of non-ortho nitro benzene ring substituents is 1. The van der Waals surface area contributed by atoms with Gasteiger partial charge < -0.3 is 9.80 Å². The molecule has 0 radical (unpaired) electrons. The first-order valence-electron chi connectivity index (χ1n) is 10.9. The zero-order valence-corrected chi connectivity index (χ0v) is 18.2. The topological polar surface area (TPSA) is 102 Å². The van der Waals surface area contributed by atoms with Crippen molar-refractivity contribution in [2.75, 3.05) is 26.2 Å². The Morgan fingerprint density at radius 3 is 2.39 bits per heavy atom. The van der Waals surface area contributed by atoms with Gasteiger partial charge in [-0.1, -0.05) is 36.4 Å². The van der Waals surface area contributed by atoms with E-state index < -0.39 is 4.92 Å². The zero-order valence-electron chi connectivity index (χ0n) is 18.2. The van der Waals surface area contributed by atoms with Crippen LogP contribution in [-0.4, -0.2) is 62.5 Å². The molecule has 33 heavy (non-hydrogen) atoms. The fourth-order valence-electron chi connectivity index (χ4n) is 3.90. The molecule has 170 valence electrons. The van der Waals surface area contributed by atoms with Crippen molar-refractivity contribution >= 4 is 17.5 Å². The molecule has 9 heteroatoms. The summed E-state index contributed by atoms with van der Waals surface area (Å²) < 4.78 is 1.45. The number of nitrogens with zero attached hydrogens (tertiary/aromatic N) is 5. The van der Waals surface area contributed by atoms with Gasteiger partial charge in [-0.05, 0) is 30.5 Å². The molecular weight excluding hydrogens is 422 g/mol. The second kappa shape index (κ2) is 10.1. The molecule has 1 fully saturated rings. The number of carbonyl (C=O) groups excluding carboxylic acids is 2. The van der Waals surface area contributed by atoms with Crippen LogP contribution in [0.25, 0.3) is 5.69 Å². The minimum Gasteiger partial charge on any atom is -0.339 e. The minimum absolute atomic E-state index is 0.0413. The summed E-state index contributed by atoms with van der Waals surface area (Å²) in [5.41, 5.74) is 1.96. The van der Waals surface area contributed by atoms with Gasteiger partial charge in [0.2, 0.25) is 5.91 Å². The Bertz CT molecular complexity index is 1140. The smallest absolute Gasteiger partial charge is 0.274 e. The van der Waals surface area contributed by atoms with Gasteiger partial charge in [-0.2, -0.15) is 5.10 Å². The number of nitro benzene ring substituents is 1. The third-order valence-electron chi connectivity index (χ3n) is 5.73. The van der Waals surface area contributed by atoms with E-state index in [2.05, 4.69) is 17.2 Å². The van der Waals surface area contributed by atoms with Crippen molar-refractivity contribution in [3.63, 3.8) is 0 Å². The van der Waals surface area contributed by atoms with E-state index in [4.69, 9.17) is 0 Å². The quantitative estimate of drug-likeness (QED) is 0.409. The standard InChI is InChI=1S/C24H25N5O4/c30-23(11-4-8-19-6-2-1-3-7-19)26-14-16-27(17-15-26)24(31)22-12-13-28(25-22)20-9-5-10-21(18-20)29(32)33/h1-3,5-7,9-10,12-13,18H,4,8,11,14-17H2. The molecule has 1 aromatic heterocycles. The first-order chi connectivity index (χ1) is 16.0. The lowest BCUT2D eigenvalue weighted by Crippen LogP contribution is -2.50. The van der Waals surface area contributed by atoms with Crippen LogP contribution in [0.2, 0.25) is 0 Å². The minimum atomic E-state index is -0.471. The third-order valence-corrected chi connectivity index (χ3v) is 5.73. The van der Waals surface area contributed by atoms with Crippen LogP contribution >= 0.6 is 0 Å². The lowest BCUT2D eigenvalue weighted by Gasteiger charge is -2.34. The first-order valence-corrected chi connectivity index (χ1v) is 10.9. The van der Waals surface area contributed by atoms with Gasteiger partial charge in [0.1, 0.15) is 0 Å². The van der Waals surface area contributed by atoms with Gasteiger partial charge in [0, 0.05) is 50.9 Å². The van der Waals surface area contributed by atoms with Crippen molar-refractivity contribution in [2.45, 2.75) is 19.3 Å². The summed E-state index contributed by atoms with van der Waals surface area (Å²) in [7, 11) is 0. The van der Waals surface area contributed by atoms with Gasteiger partial charge in [0.05, 0.1) is 10.6 Å². The maximum Gasteiger partial charge on any atom is 0.274 e. The maximum atomic E-state index is 12.9. The molecule has 0 unspecified atom stereocenters. The van der Waals surface area contributed by atoms with Gasteiger partial charge in [-0.3, -0.25) is 19.7 Å². The van der Waals surface area contributed by atoms with E-state index >= 15 is 0 Å². The molecule has 4 rings (SSSR count). The van der Waals surface area contributed by atoms with E-state index in [1.54, 1.807) is 29.3 Å². The molecule has 9 nitrogen and oxygen atoms in total. The molecule has 2 heterocycles. The molecule has 1 aliphatic heterocycles. The highest BCUT2D eigenvalue weighted by atomic mass is 16.6. The van der Waals surface area contributed by atoms with Gasteiger partial charge in [0.25, 0.3) is 11.6 Å². The fraction of sp³-hybridized carbons (Fsp3) is 0.292. The van der Waals surface area contributed by atoms with Gasteiger partial charge >= 0.3 is 0 Å². The fourth-order valence-corrected chi connectivity index (χ4v) is 3.90. The first kappa shape index (κ1) is 22.2. The van der Waals surface area contributed by atoms with Gasteiger partial charge in [-0.15, -0.1) is 0 Å². The number of amides is 2. The van der Waals surface area contributed by atoms with E-state index in [1.165, 1.54) is 22.4 Å². The molecule has 3 aromatic rings. The predicted octanol–water partition coefficient (Wildman–Crippen LogP) is 3.09. The van der Waals surface area contributed by atoms with Crippen LogP contribution in [0.3, 0.4) is 0 Å². The zero-order chi connectivity index (χ0) is 23.2. The van der Waals surface area contributed by atoms with Crippen LogP contribution in [0.4, 0.5) is 5.69 Å². The molecule has 0 N–H and O–H groups in total. The Morgan fingerprint density at radius 1 is 0.939 bits per heavy atom. The normalized spacial score (nSPS) is 13.7. The highest BCUT2D eigenvalue weighted by molar-refractivity contribution is 5.92. The van der Waals surface area contributed by atoms with E-state index in [-0.39, 0.29) is 23.2 Å². The number of piperazine rings is 1. The highest BCUT2D eigenvalue weighted by Gasteiger charge is 2.26. The van der Waals surface area contributed by atoms with Crippen molar-refractivity contribution in [3.8, 4) is 5.69 Å². The van der Waals surface area contributed by atoms with Crippen LogP contribution < -0.4 is 0 Å². The van der Waals surface area contributed by atoms with E-state index in [1.807, 2.05) is 23.1 Å². The summed E-state index contributed by atoms with van der Waals surface area (Å²) in [5, 5.41) is 15.3. The lowest BCUT2D eigenvalue weighted by atomic mass is 10.1. The maximum absolute atomic E-state index is 12.9. The van der Waals surface area contributed by atoms with Crippen molar-refractivity contribution < 1.29 is 14.5 Å². The average Bonchev–Trinajstić information content (AvgIpc) is 3.35. The molecule has 0 atom stereocenters. The monoisotopic (exact) mass is 447 g/mol. The number of rotatable bonds is 7. The Morgan fingerprint density at radius 2 is 1.67 bits per heavy atom. The van der Waals surface area contributed by atoms with Crippen LogP contribution in [0.1, 0.15) is 28.9 Å². The Kier molecular flexibility index (Phi) is 6.77. The summed E-state index contributed by atoms with van der Waals surface area (Å²) >= 11 is 0. The van der Waals surface area contributed by atoms with Crippen LogP contribution in [0, 0.1) is 10.1 Å². The molecule has 2 aromatic carbocycles. The number of aromatic nitrogens is 2. The largest absolute Gasteiger partial charge is 0.339 e. The van der Waals surface area contributed by atoms with Crippen LogP contribution in [0.15, 0.2) is 66.9 Å². The number of benzene rings is 2. The van der Waals surface area contributed by atoms with Crippen LogP contribution in [-0.2, 0) is 11.2 Å². The molecule has 0 aliphatic carbocycles. The van der Waals surface area contributed by atoms with E-state index in [0.29, 0.717) is 38.3 Å². The molecular formula is C24H25N5O4. The second-order valence-electron chi connectivity index (χ2n) is 7.93. The van der Waals surface area contributed by atoms with Crippen molar-refractivity contribution in [1.29, 1.82) is 0 Å². The van der Waals surface area contributed by atoms with E-state index in [0.717, 1.165) is 12.8 Å². The molecule has 0 saturated carbocycles. The van der Waals surface area contributed by atoms with Crippen molar-refractivity contribution in [3.05, 3.63) is 88.2 Å². The molecule has 1 aliphatic rings. The number of hydrogen-bond acceptors (Lipinski definition) is 5. The van der Waals surface area contributed by atoms with E-state index in [9.17, 15) is 19.7 Å². The van der Waals surface area contributed by atoms with Crippen molar-refractivity contribution in [2.24, 2.45) is 0 Å². The Labute approximate surface area is 191 Å².